The van der Waals surface area contributed by atoms with Crippen LogP contribution in [0, 0.1) is 0 Å². The average molecular weight is 261 g/mol. The van der Waals surface area contributed by atoms with Gasteiger partial charge in [0, 0.05) is 23.6 Å². The van der Waals surface area contributed by atoms with Gasteiger partial charge in [-0.3, -0.25) is 0 Å². The molecule has 2 unspecified atom stereocenters. The van der Waals surface area contributed by atoms with Crippen molar-refractivity contribution in [2.75, 3.05) is 12.3 Å². The van der Waals surface area contributed by atoms with Gasteiger partial charge in [-0.2, -0.15) is 16.1 Å². The highest BCUT2D eigenvalue weighted by Crippen LogP contribution is 2.40. The Labute approximate surface area is 97.5 Å². The van der Waals surface area contributed by atoms with Crippen LogP contribution in [0.15, 0.2) is 21.7 Å². The first kappa shape index (κ1) is 10.1. The lowest BCUT2D eigenvalue weighted by Gasteiger charge is -2.24. The minimum atomic E-state index is -3.19. The molecule has 0 N–H and O–H groups in total. The highest BCUT2D eigenvalue weighted by Gasteiger charge is 2.45. The maximum atomic E-state index is 12.2. The number of thioether (sulfide) groups is 1. The first-order valence-corrected chi connectivity index (χ1v) is 8.22. The third-order valence-corrected chi connectivity index (χ3v) is 7.59. The van der Waals surface area contributed by atoms with E-state index in [0.717, 1.165) is 12.2 Å². The second-order valence-corrected chi connectivity index (χ2v) is 8.25. The van der Waals surface area contributed by atoms with Crippen LogP contribution in [0.3, 0.4) is 0 Å². The van der Waals surface area contributed by atoms with Crippen molar-refractivity contribution in [3.8, 4) is 0 Å². The molecule has 3 rings (SSSR count). The molecule has 1 aromatic heterocycles. The molecule has 2 saturated heterocycles. The number of thiophene rings is 1. The van der Waals surface area contributed by atoms with E-state index in [0.29, 0.717) is 16.0 Å². The van der Waals surface area contributed by atoms with Crippen LogP contribution in [0.25, 0.3) is 0 Å². The molecule has 2 fully saturated rings. The summed E-state index contributed by atoms with van der Waals surface area (Å²) in [5, 5.41) is 2.35. The zero-order valence-corrected chi connectivity index (χ0v) is 10.4. The van der Waals surface area contributed by atoms with Gasteiger partial charge >= 0.3 is 0 Å². The van der Waals surface area contributed by atoms with E-state index in [9.17, 15) is 8.42 Å². The first-order chi connectivity index (χ1) is 7.18. The van der Waals surface area contributed by atoms with Crippen molar-refractivity contribution in [3.63, 3.8) is 0 Å². The van der Waals surface area contributed by atoms with Gasteiger partial charge in [-0.05, 0) is 17.9 Å². The van der Waals surface area contributed by atoms with Crippen LogP contribution < -0.4 is 0 Å². The quantitative estimate of drug-likeness (QED) is 0.812. The third-order valence-electron chi connectivity index (χ3n) is 2.91. The Morgan fingerprint density at radius 3 is 2.87 bits per heavy atom. The smallest absolute Gasteiger partial charge is 0.206 e. The lowest BCUT2D eigenvalue weighted by Crippen LogP contribution is -2.38. The number of sulfonamides is 1. The fourth-order valence-electron chi connectivity index (χ4n) is 2.18. The molecule has 0 spiro atoms. The van der Waals surface area contributed by atoms with Crippen LogP contribution in [0.1, 0.15) is 6.42 Å². The van der Waals surface area contributed by atoms with Gasteiger partial charge in [-0.25, -0.2) is 8.42 Å². The summed E-state index contributed by atoms with van der Waals surface area (Å²) in [6.45, 7) is 0.704. The van der Waals surface area contributed by atoms with Crippen molar-refractivity contribution in [3.05, 3.63) is 17.5 Å². The molecule has 0 aliphatic carbocycles. The van der Waals surface area contributed by atoms with E-state index in [1.54, 1.807) is 16.4 Å². The predicted octanol–water partition coefficient (Wildman–Crippen LogP) is 1.63. The topological polar surface area (TPSA) is 37.4 Å². The molecule has 0 radical (unpaired) electrons. The minimum Gasteiger partial charge on any atom is -0.206 e. The zero-order chi connectivity index (χ0) is 10.5. The Bertz CT molecular complexity index is 454. The number of hydrogen-bond acceptors (Lipinski definition) is 4. The molecule has 2 bridgehead atoms. The van der Waals surface area contributed by atoms with Crippen molar-refractivity contribution in [1.29, 1.82) is 0 Å². The normalized spacial score (nSPS) is 31.2. The van der Waals surface area contributed by atoms with Gasteiger partial charge in [0.25, 0.3) is 10.0 Å². The Morgan fingerprint density at radius 2 is 2.33 bits per heavy atom. The Hall–Kier alpha value is -0.0400. The Morgan fingerprint density at radius 1 is 1.47 bits per heavy atom. The Kier molecular flexibility index (Phi) is 2.35. The molecule has 0 amide bonds. The molecule has 0 saturated carbocycles. The van der Waals surface area contributed by atoms with Gasteiger partial charge in [-0.1, -0.05) is 6.07 Å². The molecule has 2 atom stereocenters. The highest BCUT2D eigenvalue weighted by molar-refractivity contribution is 8.00. The monoisotopic (exact) mass is 261 g/mol. The van der Waals surface area contributed by atoms with E-state index in [1.807, 2.05) is 17.1 Å². The lowest BCUT2D eigenvalue weighted by atomic mass is 10.3. The van der Waals surface area contributed by atoms with Gasteiger partial charge in [0.15, 0.2) is 0 Å². The summed E-state index contributed by atoms with van der Waals surface area (Å²) in [4.78, 5) is 0. The maximum Gasteiger partial charge on any atom is 0.252 e. The second-order valence-electron chi connectivity index (χ2n) is 3.85. The van der Waals surface area contributed by atoms with Gasteiger partial charge in [0.05, 0.1) is 0 Å². The summed E-state index contributed by atoms with van der Waals surface area (Å²) in [7, 11) is -3.19. The summed E-state index contributed by atoms with van der Waals surface area (Å²) in [6.07, 6.45) is 1.04. The number of rotatable bonds is 2. The summed E-state index contributed by atoms with van der Waals surface area (Å²) in [5.74, 6) is 0.968. The van der Waals surface area contributed by atoms with Gasteiger partial charge < -0.3 is 0 Å². The first-order valence-electron chi connectivity index (χ1n) is 4.85. The maximum absolute atomic E-state index is 12.2. The predicted molar refractivity (Wildman–Crippen MR) is 62.9 cm³/mol. The highest BCUT2D eigenvalue weighted by atomic mass is 32.2. The number of fused-ring (bicyclic) bond motifs is 2. The minimum absolute atomic E-state index is 0.243. The Balaban J connectivity index is 1.95. The SMILES string of the molecule is O=S(=O)(c1cccs1)N1CC2CC1CS2. The van der Waals surface area contributed by atoms with Gasteiger partial charge in [-0.15, -0.1) is 11.3 Å². The van der Waals surface area contributed by atoms with Crippen molar-refractivity contribution >= 4 is 33.1 Å². The van der Waals surface area contributed by atoms with Crippen LogP contribution in [-0.4, -0.2) is 36.3 Å². The number of nitrogens with zero attached hydrogens (tertiary/aromatic N) is 1. The second kappa shape index (κ2) is 3.48. The van der Waals surface area contributed by atoms with Crippen molar-refractivity contribution in [1.82, 2.24) is 4.31 Å². The summed E-state index contributed by atoms with van der Waals surface area (Å²) in [5.41, 5.74) is 0. The molecule has 3 nitrogen and oxygen atoms in total. The molecule has 1 aromatic rings. The molecule has 3 heterocycles. The van der Waals surface area contributed by atoms with Crippen LogP contribution in [-0.2, 0) is 10.0 Å². The van der Waals surface area contributed by atoms with Crippen LogP contribution in [0.5, 0.6) is 0 Å². The largest absolute Gasteiger partial charge is 0.252 e. The summed E-state index contributed by atoms with van der Waals surface area (Å²) >= 11 is 3.21. The van der Waals surface area contributed by atoms with E-state index in [1.165, 1.54) is 11.3 Å². The van der Waals surface area contributed by atoms with Crippen molar-refractivity contribution < 1.29 is 8.42 Å². The molecule has 2 aliphatic rings. The fourth-order valence-corrected chi connectivity index (χ4v) is 6.61. The van der Waals surface area contributed by atoms with E-state index < -0.39 is 10.0 Å². The summed E-state index contributed by atoms with van der Waals surface area (Å²) in [6, 6.07) is 3.73. The molecular weight excluding hydrogens is 250 g/mol. The zero-order valence-electron chi connectivity index (χ0n) is 8.00. The molecule has 6 heteroatoms. The van der Waals surface area contributed by atoms with Crippen LogP contribution in [0.2, 0.25) is 0 Å². The molecule has 82 valence electrons. The van der Waals surface area contributed by atoms with Gasteiger partial charge in [0.1, 0.15) is 4.21 Å². The fraction of sp³-hybridized carbons (Fsp3) is 0.556. The van der Waals surface area contributed by atoms with Gasteiger partial charge in [0.2, 0.25) is 0 Å². The summed E-state index contributed by atoms with van der Waals surface area (Å²) < 4.78 is 26.6. The standard InChI is InChI=1S/C9H11NO2S3/c11-15(12,9-2-1-3-13-9)10-5-8-4-7(10)6-14-8/h1-3,7-8H,4-6H2. The van der Waals surface area contributed by atoms with Crippen molar-refractivity contribution in [2.45, 2.75) is 21.9 Å². The average Bonchev–Trinajstić information content (AvgIpc) is 2.94. The van der Waals surface area contributed by atoms with E-state index >= 15 is 0 Å². The van der Waals surface area contributed by atoms with E-state index in [2.05, 4.69) is 0 Å². The van der Waals surface area contributed by atoms with Crippen molar-refractivity contribution in [2.24, 2.45) is 0 Å². The van der Waals surface area contributed by atoms with Crippen LogP contribution in [0.4, 0.5) is 0 Å². The van der Waals surface area contributed by atoms with E-state index in [4.69, 9.17) is 0 Å². The molecular formula is C9H11NO2S3. The van der Waals surface area contributed by atoms with E-state index in [-0.39, 0.29) is 6.04 Å². The van der Waals surface area contributed by atoms with Crippen LogP contribution >= 0.6 is 23.1 Å². The molecule has 2 aliphatic heterocycles. The third kappa shape index (κ3) is 1.54. The lowest BCUT2D eigenvalue weighted by molar-refractivity contribution is 0.411. The number of hydrogen-bond donors (Lipinski definition) is 0. The molecule has 15 heavy (non-hydrogen) atoms. The molecule has 0 aromatic carbocycles.